The molecule has 0 fully saturated rings. The van der Waals surface area contributed by atoms with Gasteiger partial charge in [-0.25, -0.2) is 0 Å². The summed E-state index contributed by atoms with van der Waals surface area (Å²) >= 11 is 0. The summed E-state index contributed by atoms with van der Waals surface area (Å²) in [5.74, 6) is -0.0944. The summed E-state index contributed by atoms with van der Waals surface area (Å²) in [5, 5.41) is 2.90. The van der Waals surface area contributed by atoms with Crippen molar-refractivity contribution in [2.75, 3.05) is 0 Å². The summed E-state index contributed by atoms with van der Waals surface area (Å²) in [6, 6.07) is 9.73. The Kier molecular flexibility index (Phi) is 5.52. The summed E-state index contributed by atoms with van der Waals surface area (Å²) in [7, 11) is 0. The number of pyridine rings is 1. The molecular formula is C15H17ClN2O. The molecule has 19 heavy (non-hydrogen) atoms. The zero-order chi connectivity index (χ0) is 13.0. The van der Waals surface area contributed by atoms with Gasteiger partial charge in [-0.2, -0.15) is 0 Å². The lowest BCUT2D eigenvalue weighted by molar-refractivity contribution is 0.0950. The monoisotopic (exact) mass is 276 g/mol. The van der Waals surface area contributed by atoms with E-state index in [0.717, 1.165) is 5.56 Å². The highest BCUT2D eigenvalue weighted by atomic mass is 35.5. The van der Waals surface area contributed by atoms with Crippen LogP contribution in [0.25, 0.3) is 0 Å². The van der Waals surface area contributed by atoms with Gasteiger partial charge in [0.2, 0.25) is 0 Å². The molecule has 0 unspecified atom stereocenters. The molecule has 1 heterocycles. The molecule has 0 saturated heterocycles. The Morgan fingerprint density at radius 2 is 2.05 bits per heavy atom. The van der Waals surface area contributed by atoms with Crippen LogP contribution in [0.4, 0.5) is 0 Å². The molecule has 0 aliphatic heterocycles. The first kappa shape index (κ1) is 15.2. The molecule has 0 radical (unpaired) electrons. The molecule has 4 heteroatoms. The second-order valence-corrected chi connectivity index (χ2v) is 4.35. The van der Waals surface area contributed by atoms with Crippen LogP contribution >= 0.6 is 12.4 Å². The average Bonchev–Trinajstić information content (AvgIpc) is 2.38. The predicted molar refractivity (Wildman–Crippen MR) is 78.6 cm³/mol. The SMILES string of the molecule is Cc1ccc(CNC(=O)c2cccnc2)c(C)c1.Cl. The van der Waals surface area contributed by atoms with Crippen molar-refractivity contribution >= 4 is 18.3 Å². The molecule has 100 valence electrons. The maximum Gasteiger partial charge on any atom is 0.253 e. The first-order chi connectivity index (χ1) is 8.66. The fourth-order valence-electron chi connectivity index (χ4n) is 1.82. The van der Waals surface area contributed by atoms with Gasteiger partial charge < -0.3 is 5.32 Å². The molecule has 1 amide bonds. The van der Waals surface area contributed by atoms with Gasteiger partial charge in [-0.3, -0.25) is 9.78 Å². The van der Waals surface area contributed by atoms with Crippen LogP contribution in [0.15, 0.2) is 42.7 Å². The first-order valence-electron chi connectivity index (χ1n) is 5.91. The van der Waals surface area contributed by atoms with Gasteiger partial charge in [0, 0.05) is 18.9 Å². The fourth-order valence-corrected chi connectivity index (χ4v) is 1.82. The van der Waals surface area contributed by atoms with Crippen LogP contribution < -0.4 is 5.32 Å². The molecular weight excluding hydrogens is 260 g/mol. The van der Waals surface area contributed by atoms with Crippen molar-refractivity contribution in [3.05, 3.63) is 65.0 Å². The van der Waals surface area contributed by atoms with E-state index in [9.17, 15) is 4.79 Å². The second kappa shape index (κ2) is 6.90. The molecule has 0 saturated carbocycles. The topological polar surface area (TPSA) is 42.0 Å². The number of hydrogen-bond acceptors (Lipinski definition) is 2. The van der Waals surface area contributed by atoms with Gasteiger partial charge in [0.15, 0.2) is 0 Å². The lowest BCUT2D eigenvalue weighted by Crippen LogP contribution is -2.23. The Bertz CT molecular complexity index is 555. The quantitative estimate of drug-likeness (QED) is 0.936. The van der Waals surface area contributed by atoms with Gasteiger partial charge in [0.1, 0.15) is 0 Å². The fraction of sp³-hybridized carbons (Fsp3) is 0.200. The van der Waals surface area contributed by atoms with Crippen LogP contribution in [0.3, 0.4) is 0 Å². The minimum Gasteiger partial charge on any atom is -0.348 e. The number of carbonyl (C=O) groups is 1. The Hall–Kier alpha value is -1.87. The van der Waals surface area contributed by atoms with Crippen molar-refractivity contribution < 1.29 is 4.79 Å². The van der Waals surface area contributed by atoms with Gasteiger partial charge in [0.25, 0.3) is 5.91 Å². The van der Waals surface area contributed by atoms with Crippen molar-refractivity contribution in [3.8, 4) is 0 Å². The summed E-state index contributed by atoms with van der Waals surface area (Å²) in [5.41, 5.74) is 4.15. The number of nitrogens with one attached hydrogen (secondary N) is 1. The summed E-state index contributed by atoms with van der Waals surface area (Å²) in [4.78, 5) is 15.8. The van der Waals surface area contributed by atoms with Crippen molar-refractivity contribution in [2.24, 2.45) is 0 Å². The molecule has 0 spiro atoms. The molecule has 0 bridgehead atoms. The number of aromatic nitrogens is 1. The summed E-state index contributed by atoms with van der Waals surface area (Å²) in [6.45, 7) is 4.66. The smallest absolute Gasteiger partial charge is 0.253 e. The number of benzene rings is 1. The Balaban J connectivity index is 0.00000180. The molecule has 0 aliphatic carbocycles. The number of amides is 1. The molecule has 0 aliphatic rings. The zero-order valence-corrected chi connectivity index (χ0v) is 11.8. The van der Waals surface area contributed by atoms with Crippen LogP contribution in [0.1, 0.15) is 27.0 Å². The maximum absolute atomic E-state index is 11.8. The van der Waals surface area contributed by atoms with E-state index < -0.39 is 0 Å². The van der Waals surface area contributed by atoms with E-state index in [2.05, 4.69) is 36.3 Å². The van der Waals surface area contributed by atoms with E-state index in [1.165, 1.54) is 11.1 Å². The Morgan fingerprint density at radius 3 is 2.68 bits per heavy atom. The third-order valence-corrected chi connectivity index (χ3v) is 2.86. The normalized spacial score (nSPS) is 9.58. The van der Waals surface area contributed by atoms with Crippen LogP contribution in [0, 0.1) is 13.8 Å². The van der Waals surface area contributed by atoms with E-state index in [1.807, 2.05) is 6.07 Å². The number of aryl methyl sites for hydroxylation is 2. The average molecular weight is 277 g/mol. The molecule has 1 aromatic heterocycles. The minimum absolute atomic E-state index is 0. The zero-order valence-electron chi connectivity index (χ0n) is 11.0. The van der Waals surface area contributed by atoms with E-state index in [4.69, 9.17) is 0 Å². The van der Waals surface area contributed by atoms with Crippen molar-refractivity contribution in [3.63, 3.8) is 0 Å². The van der Waals surface area contributed by atoms with Gasteiger partial charge >= 0.3 is 0 Å². The largest absolute Gasteiger partial charge is 0.348 e. The lowest BCUT2D eigenvalue weighted by atomic mass is 10.1. The van der Waals surface area contributed by atoms with Crippen LogP contribution in [-0.2, 0) is 6.54 Å². The van der Waals surface area contributed by atoms with Crippen molar-refractivity contribution in [1.82, 2.24) is 10.3 Å². The van der Waals surface area contributed by atoms with Gasteiger partial charge in [-0.1, -0.05) is 23.8 Å². The van der Waals surface area contributed by atoms with Crippen LogP contribution in [-0.4, -0.2) is 10.9 Å². The van der Waals surface area contributed by atoms with Gasteiger partial charge in [-0.15, -0.1) is 12.4 Å². The highest BCUT2D eigenvalue weighted by molar-refractivity contribution is 5.93. The van der Waals surface area contributed by atoms with Crippen LogP contribution in [0.2, 0.25) is 0 Å². The number of halogens is 1. The number of nitrogens with zero attached hydrogens (tertiary/aromatic N) is 1. The Morgan fingerprint density at radius 1 is 1.26 bits per heavy atom. The number of carbonyl (C=O) groups excluding carboxylic acids is 1. The first-order valence-corrected chi connectivity index (χ1v) is 5.91. The molecule has 1 N–H and O–H groups in total. The minimum atomic E-state index is -0.0944. The standard InChI is InChI=1S/C15H16N2O.ClH/c1-11-5-6-13(12(2)8-11)10-17-15(18)14-4-3-7-16-9-14;/h3-9H,10H2,1-2H3,(H,17,18);1H. The highest BCUT2D eigenvalue weighted by Crippen LogP contribution is 2.10. The van der Waals surface area contributed by atoms with Gasteiger partial charge in [-0.05, 0) is 37.1 Å². The van der Waals surface area contributed by atoms with Gasteiger partial charge in [0.05, 0.1) is 5.56 Å². The van der Waals surface area contributed by atoms with E-state index in [0.29, 0.717) is 12.1 Å². The molecule has 2 aromatic rings. The summed E-state index contributed by atoms with van der Waals surface area (Å²) in [6.07, 6.45) is 3.22. The highest BCUT2D eigenvalue weighted by Gasteiger charge is 2.05. The lowest BCUT2D eigenvalue weighted by Gasteiger charge is -2.08. The maximum atomic E-state index is 11.8. The van der Waals surface area contributed by atoms with E-state index in [1.54, 1.807) is 24.5 Å². The molecule has 1 aromatic carbocycles. The number of rotatable bonds is 3. The predicted octanol–water partition coefficient (Wildman–Crippen LogP) is 3.05. The summed E-state index contributed by atoms with van der Waals surface area (Å²) < 4.78 is 0. The number of hydrogen-bond donors (Lipinski definition) is 1. The molecule has 3 nitrogen and oxygen atoms in total. The Labute approximate surface area is 119 Å². The molecule has 0 atom stereocenters. The second-order valence-electron chi connectivity index (χ2n) is 4.35. The van der Waals surface area contributed by atoms with E-state index >= 15 is 0 Å². The molecule has 2 rings (SSSR count). The van der Waals surface area contributed by atoms with Crippen molar-refractivity contribution in [2.45, 2.75) is 20.4 Å². The van der Waals surface area contributed by atoms with E-state index in [-0.39, 0.29) is 18.3 Å². The third kappa shape index (κ3) is 4.07. The van der Waals surface area contributed by atoms with Crippen molar-refractivity contribution in [1.29, 1.82) is 0 Å². The third-order valence-electron chi connectivity index (χ3n) is 2.86. The van der Waals surface area contributed by atoms with Crippen LogP contribution in [0.5, 0.6) is 0 Å².